The summed E-state index contributed by atoms with van der Waals surface area (Å²) in [7, 11) is 0. The molecular weight excluding hydrogens is 296 g/mol. The summed E-state index contributed by atoms with van der Waals surface area (Å²) in [6.07, 6.45) is 0.563. The molecule has 0 radical (unpaired) electrons. The van der Waals surface area contributed by atoms with Crippen LogP contribution in [0.2, 0.25) is 0 Å². The van der Waals surface area contributed by atoms with Crippen molar-refractivity contribution in [3.8, 4) is 0 Å². The Morgan fingerprint density at radius 1 is 1.17 bits per heavy atom. The van der Waals surface area contributed by atoms with Crippen LogP contribution in [-0.4, -0.2) is 64.2 Å². The Morgan fingerprint density at radius 2 is 1.91 bits per heavy atom. The molecule has 0 aromatic carbocycles. The number of aromatic nitrogens is 2. The highest BCUT2D eigenvalue weighted by Crippen LogP contribution is 2.17. The maximum Gasteiger partial charge on any atom is 0.274 e. The highest BCUT2D eigenvalue weighted by molar-refractivity contribution is 5.92. The number of amides is 2. The molecule has 3 rings (SSSR count). The standard InChI is InChI=1S/C16H24N4O3/c1-12(2)9-15(21)19-3-4-20-13(11-19)10-14(17-20)16(22)18-5-7-23-8-6-18/h10,12H,3-9,11H2,1-2H3. The van der Waals surface area contributed by atoms with E-state index in [-0.39, 0.29) is 11.8 Å². The van der Waals surface area contributed by atoms with Gasteiger partial charge in [0.05, 0.1) is 32.0 Å². The Morgan fingerprint density at radius 3 is 2.61 bits per heavy atom. The first-order chi connectivity index (χ1) is 11.0. The summed E-state index contributed by atoms with van der Waals surface area (Å²) >= 11 is 0. The van der Waals surface area contributed by atoms with E-state index in [1.165, 1.54) is 0 Å². The first-order valence-corrected chi connectivity index (χ1v) is 8.26. The van der Waals surface area contributed by atoms with Gasteiger partial charge in [0.1, 0.15) is 0 Å². The Kier molecular flexibility index (Phi) is 4.66. The summed E-state index contributed by atoms with van der Waals surface area (Å²) in [5, 5.41) is 4.43. The number of carbonyl (C=O) groups excluding carboxylic acids is 2. The number of rotatable bonds is 3. The van der Waals surface area contributed by atoms with E-state index in [9.17, 15) is 9.59 Å². The number of morpholine rings is 1. The molecule has 1 aromatic heterocycles. The van der Waals surface area contributed by atoms with E-state index in [0.717, 1.165) is 5.69 Å². The lowest BCUT2D eigenvalue weighted by atomic mass is 10.1. The van der Waals surface area contributed by atoms with Gasteiger partial charge in [0.2, 0.25) is 5.91 Å². The van der Waals surface area contributed by atoms with E-state index in [4.69, 9.17) is 4.74 Å². The summed E-state index contributed by atoms with van der Waals surface area (Å²) < 4.78 is 7.13. The molecule has 0 bridgehead atoms. The van der Waals surface area contributed by atoms with Crippen LogP contribution < -0.4 is 0 Å². The molecule has 2 aliphatic heterocycles. The number of hydrogen-bond donors (Lipinski definition) is 0. The molecule has 2 amide bonds. The van der Waals surface area contributed by atoms with E-state index in [2.05, 4.69) is 5.10 Å². The van der Waals surface area contributed by atoms with Crippen molar-refractivity contribution in [3.63, 3.8) is 0 Å². The van der Waals surface area contributed by atoms with Crippen molar-refractivity contribution in [1.29, 1.82) is 0 Å². The summed E-state index contributed by atoms with van der Waals surface area (Å²) in [4.78, 5) is 28.3. The SMILES string of the molecule is CC(C)CC(=O)N1CCn2nc(C(=O)N3CCOCC3)cc2C1. The maximum absolute atomic E-state index is 12.5. The van der Waals surface area contributed by atoms with Gasteiger partial charge >= 0.3 is 0 Å². The first kappa shape index (κ1) is 16.0. The van der Waals surface area contributed by atoms with Crippen LogP contribution >= 0.6 is 0 Å². The molecule has 0 saturated carbocycles. The number of ether oxygens (including phenoxy) is 1. The normalized spacial score (nSPS) is 18.2. The molecule has 0 aliphatic carbocycles. The average molecular weight is 320 g/mol. The predicted molar refractivity (Wildman–Crippen MR) is 83.8 cm³/mol. The minimum absolute atomic E-state index is 0.0461. The van der Waals surface area contributed by atoms with E-state index in [1.807, 2.05) is 29.5 Å². The average Bonchev–Trinajstić information content (AvgIpc) is 2.97. The van der Waals surface area contributed by atoms with Crippen LogP contribution in [0.5, 0.6) is 0 Å². The fourth-order valence-electron chi connectivity index (χ4n) is 2.99. The molecule has 7 heteroatoms. The van der Waals surface area contributed by atoms with Gasteiger partial charge in [0.25, 0.3) is 5.91 Å². The van der Waals surface area contributed by atoms with Crippen LogP contribution in [0.15, 0.2) is 6.07 Å². The minimum Gasteiger partial charge on any atom is -0.378 e. The van der Waals surface area contributed by atoms with Gasteiger partial charge in [-0.25, -0.2) is 0 Å². The molecule has 1 fully saturated rings. The molecule has 0 spiro atoms. The molecule has 7 nitrogen and oxygen atoms in total. The van der Waals surface area contributed by atoms with Crippen LogP contribution in [0.3, 0.4) is 0 Å². The van der Waals surface area contributed by atoms with E-state index in [0.29, 0.717) is 64.0 Å². The third-order valence-corrected chi connectivity index (χ3v) is 4.25. The predicted octanol–water partition coefficient (Wildman–Crippen LogP) is 0.744. The van der Waals surface area contributed by atoms with Crippen molar-refractivity contribution >= 4 is 11.8 Å². The fourth-order valence-corrected chi connectivity index (χ4v) is 2.99. The minimum atomic E-state index is -0.0461. The zero-order chi connectivity index (χ0) is 16.4. The van der Waals surface area contributed by atoms with Gasteiger partial charge in [-0.15, -0.1) is 0 Å². The third kappa shape index (κ3) is 3.55. The highest BCUT2D eigenvalue weighted by atomic mass is 16.5. The monoisotopic (exact) mass is 320 g/mol. The van der Waals surface area contributed by atoms with Gasteiger partial charge in [-0.2, -0.15) is 5.10 Å². The van der Waals surface area contributed by atoms with Gasteiger partial charge in [-0.1, -0.05) is 13.8 Å². The van der Waals surface area contributed by atoms with Crippen LogP contribution in [0.4, 0.5) is 0 Å². The van der Waals surface area contributed by atoms with Gasteiger partial charge < -0.3 is 14.5 Å². The van der Waals surface area contributed by atoms with Gasteiger partial charge in [0, 0.05) is 26.1 Å². The summed E-state index contributed by atoms with van der Waals surface area (Å²) in [6, 6.07) is 1.83. The van der Waals surface area contributed by atoms with Crippen LogP contribution in [0, 0.1) is 5.92 Å². The van der Waals surface area contributed by atoms with Crippen molar-refractivity contribution in [2.45, 2.75) is 33.4 Å². The lowest BCUT2D eigenvalue weighted by Gasteiger charge is -2.28. The number of fused-ring (bicyclic) bond motifs is 1. The lowest BCUT2D eigenvalue weighted by molar-refractivity contribution is -0.133. The van der Waals surface area contributed by atoms with Crippen molar-refractivity contribution in [2.75, 3.05) is 32.8 Å². The summed E-state index contributed by atoms with van der Waals surface area (Å²) in [5.74, 6) is 0.483. The van der Waals surface area contributed by atoms with Gasteiger partial charge in [-0.3, -0.25) is 14.3 Å². The van der Waals surface area contributed by atoms with Crippen molar-refractivity contribution in [1.82, 2.24) is 19.6 Å². The van der Waals surface area contributed by atoms with E-state index < -0.39 is 0 Å². The Hall–Kier alpha value is -1.89. The molecule has 0 N–H and O–H groups in total. The largest absolute Gasteiger partial charge is 0.378 e. The smallest absolute Gasteiger partial charge is 0.274 e. The molecule has 1 aromatic rings. The molecule has 0 unspecified atom stereocenters. The molecule has 2 aliphatic rings. The topological polar surface area (TPSA) is 67.7 Å². The maximum atomic E-state index is 12.5. The van der Waals surface area contributed by atoms with E-state index >= 15 is 0 Å². The fraction of sp³-hybridized carbons (Fsp3) is 0.688. The lowest BCUT2D eigenvalue weighted by Crippen LogP contribution is -2.41. The number of carbonyl (C=O) groups is 2. The molecular formula is C16H24N4O3. The third-order valence-electron chi connectivity index (χ3n) is 4.25. The van der Waals surface area contributed by atoms with Crippen molar-refractivity contribution in [2.24, 2.45) is 5.92 Å². The molecule has 3 heterocycles. The summed E-state index contributed by atoms with van der Waals surface area (Å²) in [6.45, 7) is 8.32. The Bertz CT molecular complexity index is 590. The van der Waals surface area contributed by atoms with Crippen LogP contribution in [-0.2, 0) is 22.6 Å². The van der Waals surface area contributed by atoms with E-state index in [1.54, 1.807) is 4.90 Å². The Balaban J connectivity index is 1.68. The van der Waals surface area contributed by atoms with Crippen molar-refractivity contribution < 1.29 is 14.3 Å². The Labute approximate surface area is 136 Å². The van der Waals surface area contributed by atoms with Gasteiger partial charge in [0.15, 0.2) is 5.69 Å². The zero-order valence-corrected chi connectivity index (χ0v) is 13.8. The van der Waals surface area contributed by atoms with Crippen LogP contribution in [0.25, 0.3) is 0 Å². The second-order valence-electron chi connectivity index (χ2n) is 6.56. The zero-order valence-electron chi connectivity index (χ0n) is 13.8. The molecule has 1 saturated heterocycles. The number of hydrogen-bond acceptors (Lipinski definition) is 4. The quantitative estimate of drug-likeness (QED) is 0.824. The van der Waals surface area contributed by atoms with Crippen LogP contribution in [0.1, 0.15) is 36.5 Å². The molecule has 0 atom stereocenters. The second-order valence-corrected chi connectivity index (χ2v) is 6.56. The van der Waals surface area contributed by atoms with Gasteiger partial charge in [-0.05, 0) is 12.0 Å². The molecule has 126 valence electrons. The summed E-state index contributed by atoms with van der Waals surface area (Å²) in [5.41, 5.74) is 1.41. The first-order valence-electron chi connectivity index (χ1n) is 8.26. The second kappa shape index (κ2) is 6.70. The molecule has 23 heavy (non-hydrogen) atoms. The van der Waals surface area contributed by atoms with Crippen molar-refractivity contribution in [3.05, 3.63) is 17.5 Å². The number of nitrogens with zero attached hydrogens (tertiary/aromatic N) is 4. The highest BCUT2D eigenvalue weighted by Gasteiger charge is 2.26.